The molecular weight excluding hydrogens is 358 g/mol. The summed E-state index contributed by atoms with van der Waals surface area (Å²) in [5.74, 6) is -0.936. The number of ether oxygens (including phenoxy) is 1. The summed E-state index contributed by atoms with van der Waals surface area (Å²) in [6.45, 7) is 3.01. The lowest BCUT2D eigenvalue weighted by molar-refractivity contribution is -0.121. The molecule has 0 atom stereocenters. The Balaban J connectivity index is 2.73. The van der Waals surface area contributed by atoms with Crippen LogP contribution in [0.5, 0.6) is 0 Å². The van der Waals surface area contributed by atoms with Crippen molar-refractivity contribution in [2.75, 3.05) is 45.7 Å². The Morgan fingerprint density at radius 2 is 1.88 bits per heavy atom. The maximum Gasteiger partial charge on any atom is 0.337 e. The van der Waals surface area contributed by atoms with Crippen molar-refractivity contribution < 1.29 is 19.1 Å². The van der Waals surface area contributed by atoms with E-state index >= 15 is 0 Å². The molecule has 0 saturated heterocycles. The molecule has 8 heteroatoms. The van der Waals surface area contributed by atoms with Crippen LogP contribution in [-0.4, -0.2) is 63.5 Å². The fourth-order valence-corrected chi connectivity index (χ4v) is 2.56. The highest BCUT2D eigenvalue weighted by molar-refractivity contribution is 6.34. The Morgan fingerprint density at radius 1 is 1.19 bits per heavy atom. The van der Waals surface area contributed by atoms with Crippen molar-refractivity contribution in [2.24, 2.45) is 0 Å². The Bertz CT molecular complexity index is 649. The Labute approximate surface area is 159 Å². The SMILES string of the molecule is COC(=O)c1ccc(Cl)c(N(CCC(=O)NCCCN(C)C)C(C)=O)c1. The average molecular weight is 384 g/mol. The quantitative estimate of drug-likeness (QED) is 0.520. The van der Waals surface area contributed by atoms with Gasteiger partial charge in [-0.3, -0.25) is 9.59 Å². The van der Waals surface area contributed by atoms with Crippen LogP contribution >= 0.6 is 11.6 Å². The maximum absolute atomic E-state index is 12.0. The van der Waals surface area contributed by atoms with Crippen molar-refractivity contribution in [3.05, 3.63) is 28.8 Å². The lowest BCUT2D eigenvalue weighted by Crippen LogP contribution is -2.34. The summed E-state index contributed by atoms with van der Waals surface area (Å²) in [4.78, 5) is 39.1. The van der Waals surface area contributed by atoms with Gasteiger partial charge in [-0.1, -0.05) is 11.6 Å². The normalized spacial score (nSPS) is 10.5. The average Bonchev–Trinajstić information content (AvgIpc) is 2.59. The molecule has 1 N–H and O–H groups in total. The van der Waals surface area contributed by atoms with E-state index in [1.54, 1.807) is 0 Å². The van der Waals surface area contributed by atoms with Crippen molar-refractivity contribution in [2.45, 2.75) is 19.8 Å². The van der Waals surface area contributed by atoms with Gasteiger partial charge in [0.25, 0.3) is 0 Å². The second-order valence-corrected chi connectivity index (χ2v) is 6.49. The monoisotopic (exact) mass is 383 g/mol. The molecule has 144 valence electrons. The van der Waals surface area contributed by atoms with Crippen LogP contribution in [0.4, 0.5) is 5.69 Å². The molecule has 0 spiro atoms. The first-order valence-corrected chi connectivity index (χ1v) is 8.71. The first-order chi connectivity index (χ1) is 12.3. The minimum atomic E-state index is -0.523. The molecule has 1 aromatic rings. The van der Waals surface area contributed by atoms with E-state index in [2.05, 4.69) is 10.1 Å². The number of esters is 1. The Morgan fingerprint density at radius 3 is 2.46 bits per heavy atom. The van der Waals surface area contributed by atoms with Gasteiger partial charge in [0.15, 0.2) is 0 Å². The number of nitrogens with zero attached hydrogens (tertiary/aromatic N) is 2. The molecule has 0 heterocycles. The van der Waals surface area contributed by atoms with Crippen LogP contribution in [0.25, 0.3) is 0 Å². The van der Waals surface area contributed by atoms with E-state index in [1.165, 1.54) is 37.1 Å². The van der Waals surface area contributed by atoms with Crippen LogP contribution in [0.1, 0.15) is 30.1 Å². The lowest BCUT2D eigenvalue weighted by atomic mass is 10.1. The Hall–Kier alpha value is -2.12. The van der Waals surface area contributed by atoms with Gasteiger partial charge in [-0.2, -0.15) is 0 Å². The molecule has 0 aliphatic carbocycles. The molecular formula is C18H26ClN3O4. The largest absolute Gasteiger partial charge is 0.465 e. The van der Waals surface area contributed by atoms with Crippen molar-refractivity contribution in [3.63, 3.8) is 0 Å². The number of carbonyl (C=O) groups excluding carboxylic acids is 3. The number of anilines is 1. The van der Waals surface area contributed by atoms with Gasteiger partial charge >= 0.3 is 5.97 Å². The molecule has 0 fully saturated rings. The molecule has 0 saturated carbocycles. The van der Waals surface area contributed by atoms with Crippen LogP contribution < -0.4 is 10.2 Å². The standard InChI is InChI=1S/C18H26ClN3O4/c1-13(23)22(11-8-17(24)20-9-5-10-21(2)3)16-12-14(18(25)26-4)6-7-15(16)19/h6-7,12H,5,8-11H2,1-4H3,(H,20,24). The summed E-state index contributed by atoms with van der Waals surface area (Å²) in [5, 5.41) is 3.15. The van der Waals surface area contributed by atoms with E-state index in [-0.39, 0.29) is 30.3 Å². The number of rotatable bonds is 9. The molecule has 0 aliphatic heterocycles. The van der Waals surface area contributed by atoms with Gasteiger partial charge in [0.2, 0.25) is 11.8 Å². The predicted molar refractivity (Wildman–Crippen MR) is 102 cm³/mol. The number of amides is 2. The molecule has 0 aliphatic rings. The molecule has 1 aromatic carbocycles. The van der Waals surface area contributed by atoms with E-state index in [0.29, 0.717) is 17.3 Å². The molecule has 0 aromatic heterocycles. The molecule has 26 heavy (non-hydrogen) atoms. The third kappa shape index (κ3) is 7.01. The van der Waals surface area contributed by atoms with Crippen LogP contribution in [0, 0.1) is 0 Å². The van der Waals surface area contributed by atoms with Crippen molar-refractivity contribution in [3.8, 4) is 0 Å². The third-order valence-corrected chi connectivity index (χ3v) is 4.02. The zero-order valence-corrected chi connectivity index (χ0v) is 16.4. The Kier molecular flexibility index (Phi) is 9.09. The van der Waals surface area contributed by atoms with Crippen molar-refractivity contribution in [1.29, 1.82) is 0 Å². The molecule has 0 radical (unpaired) electrons. The summed E-state index contributed by atoms with van der Waals surface area (Å²) < 4.78 is 4.69. The zero-order valence-electron chi connectivity index (χ0n) is 15.7. The topological polar surface area (TPSA) is 79.0 Å². The second kappa shape index (κ2) is 10.8. The first kappa shape index (κ1) is 21.9. The smallest absolute Gasteiger partial charge is 0.337 e. The molecule has 1 rings (SSSR count). The lowest BCUT2D eigenvalue weighted by Gasteiger charge is -2.22. The summed E-state index contributed by atoms with van der Waals surface area (Å²) in [6.07, 6.45) is 0.989. The van der Waals surface area contributed by atoms with Crippen molar-refractivity contribution >= 4 is 35.1 Å². The highest BCUT2D eigenvalue weighted by atomic mass is 35.5. The first-order valence-electron chi connectivity index (χ1n) is 8.33. The van der Waals surface area contributed by atoms with E-state index in [4.69, 9.17) is 11.6 Å². The zero-order chi connectivity index (χ0) is 19.7. The van der Waals surface area contributed by atoms with Gasteiger partial charge in [0.1, 0.15) is 0 Å². The number of benzene rings is 1. The third-order valence-electron chi connectivity index (χ3n) is 3.70. The molecule has 7 nitrogen and oxygen atoms in total. The molecule has 0 unspecified atom stereocenters. The van der Waals surface area contributed by atoms with Gasteiger partial charge in [0, 0.05) is 26.4 Å². The van der Waals surface area contributed by atoms with Crippen LogP contribution in [-0.2, 0) is 14.3 Å². The summed E-state index contributed by atoms with van der Waals surface area (Å²) >= 11 is 6.18. The second-order valence-electron chi connectivity index (χ2n) is 6.09. The van der Waals surface area contributed by atoms with E-state index < -0.39 is 5.97 Å². The number of halogens is 1. The highest BCUT2D eigenvalue weighted by Crippen LogP contribution is 2.27. The fourth-order valence-electron chi connectivity index (χ4n) is 2.34. The van der Waals surface area contributed by atoms with Crippen molar-refractivity contribution in [1.82, 2.24) is 10.2 Å². The minimum absolute atomic E-state index is 0.139. The molecule has 2 amide bonds. The van der Waals surface area contributed by atoms with E-state index in [0.717, 1.165) is 13.0 Å². The van der Waals surface area contributed by atoms with Crippen LogP contribution in [0.2, 0.25) is 5.02 Å². The number of nitrogens with one attached hydrogen (secondary N) is 1. The minimum Gasteiger partial charge on any atom is -0.465 e. The van der Waals surface area contributed by atoms with Gasteiger partial charge in [0.05, 0.1) is 23.4 Å². The maximum atomic E-state index is 12.0. The number of hydrogen-bond acceptors (Lipinski definition) is 5. The summed E-state index contributed by atoms with van der Waals surface area (Å²) in [5.41, 5.74) is 0.661. The van der Waals surface area contributed by atoms with Crippen LogP contribution in [0.15, 0.2) is 18.2 Å². The van der Waals surface area contributed by atoms with Crippen LogP contribution in [0.3, 0.4) is 0 Å². The fraction of sp³-hybridized carbons (Fsp3) is 0.500. The predicted octanol–water partition coefficient (Wildman–Crippen LogP) is 1.94. The van der Waals surface area contributed by atoms with Gasteiger partial charge in [-0.15, -0.1) is 0 Å². The highest BCUT2D eigenvalue weighted by Gasteiger charge is 2.18. The van der Waals surface area contributed by atoms with Gasteiger partial charge in [-0.25, -0.2) is 4.79 Å². The summed E-state index contributed by atoms with van der Waals surface area (Å²) in [6, 6.07) is 4.54. The van der Waals surface area contributed by atoms with E-state index in [9.17, 15) is 14.4 Å². The number of methoxy groups -OCH3 is 1. The van der Waals surface area contributed by atoms with Gasteiger partial charge in [-0.05, 0) is 45.3 Å². The summed E-state index contributed by atoms with van der Waals surface area (Å²) in [7, 11) is 5.22. The van der Waals surface area contributed by atoms with Gasteiger partial charge < -0.3 is 19.9 Å². The molecule has 0 bridgehead atoms. The number of carbonyl (C=O) groups is 3. The van der Waals surface area contributed by atoms with E-state index in [1.807, 2.05) is 19.0 Å². The number of hydrogen-bond donors (Lipinski definition) is 1.